The maximum atomic E-state index is 13.9. The first kappa shape index (κ1) is 28.0. The summed E-state index contributed by atoms with van der Waals surface area (Å²) in [7, 11) is -2.61. The average Bonchev–Trinajstić information content (AvgIpc) is 2.87. The van der Waals surface area contributed by atoms with Crippen LogP contribution < -0.4 is 10.2 Å². The standard InChI is InChI=1S/C26H37N3O6S/c1-26(2,3)18-35-22-7-5-20(6-8-22)24(25(30)28-31)29(17-19-13-15-27-16-14-19)36(32,33)23-11-9-21(34-4)10-12-23/h9-16,20,22,24,31H,5-8,17-18H2,1-4H3,(H,28,30)/t20?,22?,24-/m1/s1. The van der Waals surface area contributed by atoms with Gasteiger partial charge in [0.1, 0.15) is 11.8 Å². The van der Waals surface area contributed by atoms with Gasteiger partial charge in [-0.15, -0.1) is 0 Å². The average molecular weight is 520 g/mol. The highest BCUT2D eigenvalue weighted by molar-refractivity contribution is 7.89. The number of hydrogen-bond donors (Lipinski definition) is 2. The maximum absolute atomic E-state index is 13.9. The summed E-state index contributed by atoms with van der Waals surface area (Å²) >= 11 is 0. The van der Waals surface area contributed by atoms with Crippen molar-refractivity contribution < 1.29 is 27.9 Å². The third-order valence-corrected chi connectivity index (χ3v) is 8.20. The van der Waals surface area contributed by atoms with E-state index in [9.17, 15) is 18.4 Å². The van der Waals surface area contributed by atoms with Crippen molar-refractivity contribution in [3.05, 3.63) is 54.4 Å². The number of hydrogen-bond acceptors (Lipinski definition) is 7. The number of methoxy groups -OCH3 is 1. The maximum Gasteiger partial charge on any atom is 0.262 e. The van der Waals surface area contributed by atoms with Gasteiger partial charge in [0.15, 0.2) is 0 Å². The lowest BCUT2D eigenvalue weighted by atomic mass is 9.82. The number of amides is 1. The van der Waals surface area contributed by atoms with Crippen LogP contribution in [0.15, 0.2) is 53.7 Å². The van der Waals surface area contributed by atoms with E-state index < -0.39 is 22.0 Å². The van der Waals surface area contributed by atoms with E-state index in [0.717, 1.165) is 0 Å². The molecule has 1 saturated carbocycles. The predicted octanol–water partition coefficient (Wildman–Crippen LogP) is 3.78. The van der Waals surface area contributed by atoms with Crippen LogP contribution in [0.25, 0.3) is 0 Å². The van der Waals surface area contributed by atoms with E-state index in [0.29, 0.717) is 43.6 Å². The molecule has 1 aromatic carbocycles. The Kier molecular flexibility index (Phi) is 9.46. The molecular weight excluding hydrogens is 482 g/mol. The molecule has 1 aliphatic rings. The van der Waals surface area contributed by atoms with E-state index in [1.54, 1.807) is 42.1 Å². The van der Waals surface area contributed by atoms with Gasteiger partial charge in [-0.25, -0.2) is 13.9 Å². The van der Waals surface area contributed by atoms with Crippen molar-refractivity contribution in [2.75, 3.05) is 13.7 Å². The quantitative estimate of drug-likeness (QED) is 0.362. The Morgan fingerprint density at radius 1 is 1.11 bits per heavy atom. The van der Waals surface area contributed by atoms with Crippen molar-refractivity contribution in [2.24, 2.45) is 11.3 Å². The molecule has 9 nitrogen and oxygen atoms in total. The molecule has 1 fully saturated rings. The molecule has 1 aromatic heterocycles. The van der Waals surface area contributed by atoms with Gasteiger partial charge < -0.3 is 9.47 Å². The molecule has 198 valence electrons. The Labute approximate surface area is 213 Å². The highest BCUT2D eigenvalue weighted by Crippen LogP contribution is 2.35. The topological polar surface area (TPSA) is 118 Å². The second-order valence-electron chi connectivity index (χ2n) is 10.4. The summed E-state index contributed by atoms with van der Waals surface area (Å²) in [5, 5.41) is 9.61. The van der Waals surface area contributed by atoms with Crippen LogP contribution in [0.3, 0.4) is 0 Å². The number of nitrogens with one attached hydrogen (secondary N) is 1. The van der Waals surface area contributed by atoms with Crippen LogP contribution in [0.5, 0.6) is 5.75 Å². The summed E-state index contributed by atoms with van der Waals surface area (Å²) in [6, 6.07) is 8.37. The van der Waals surface area contributed by atoms with Crippen molar-refractivity contribution in [2.45, 2.75) is 70.0 Å². The molecule has 1 aliphatic carbocycles. The summed E-state index contributed by atoms with van der Waals surface area (Å²) in [6.45, 7) is 6.92. The smallest absolute Gasteiger partial charge is 0.262 e. The first-order valence-electron chi connectivity index (χ1n) is 12.2. The molecule has 2 aromatic rings. The van der Waals surface area contributed by atoms with Crippen LogP contribution in [0.1, 0.15) is 52.0 Å². The normalized spacial score (nSPS) is 19.6. The van der Waals surface area contributed by atoms with Crippen LogP contribution in [0, 0.1) is 11.3 Å². The molecule has 1 amide bonds. The number of carbonyl (C=O) groups excluding carboxylic acids is 1. The van der Waals surface area contributed by atoms with Crippen LogP contribution in [0.4, 0.5) is 0 Å². The Hall–Kier alpha value is -2.53. The summed E-state index contributed by atoms with van der Waals surface area (Å²) < 4.78 is 40.2. The largest absolute Gasteiger partial charge is 0.497 e. The van der Waals surface area contributed by atoms with Gasteiger partial charge in [-0.3, -0.25) is 15.0 Å². The van der Waals surface area contributed by atoms with E-state index in [1.165, 1.54) is 23.5 Å². The van der Waals surface area contributed by atoms with E-state index in [-0.39, 0.29) is 28.9 Å². The molecular formula is C26H37N3O6S. The molecule has 0 saturated heterocycles. The van der Waals surface area contributed by atoms with Crippen LogP contribution in [-0.4, -0.2) is 54.7 Å². The minimum absolute atomic E-state index is 0.0373. The molecule has 3 rings (SSSR count). The molecule has 36 heavy (non-hydrogen) atoms. The fourth-order valence-corrected chi connectivity index (χ4v) is 6.11. The number of ether oxygens (including phenoxy) is 2. The minimum Gasteiger partial charge on any atom is -0.497 e. The zero-order valence-electron chi connectivity index (χ0n) is 21.4. The monoisotopic (exact) mass is 519 g/mol. The molecule has 2 N–H and O–H groups in total. The Bertz CT molecular complexity index is 1080. The first-order valence-corrected chi connectivity index (χ1v) is 13.6. The number of hydroxylamine groups is 1. The van der Waals surface area contributed by atoms with Gasteiger partial charge in [-0.2, -0.15) is 4.31 Å². The third-order valence-electron chi connectivity index (χ3n) is 6.36. The molecule has 10 heteroatoms. The minimum atomic E-state index is -4.12. The van der Waals surface area contributed by atoms with Crippen LogP contribution in [-0.2, 0) is 26.1 Å². The molecule has 0 aliphatic heterocycles. The summed E-state index contributed by atoms with van der Waals surface area (Å²) in [5.41, 5.74) is 2.44. The number of sulfonamides is 1. The number of pyridine rings is 1. The Morgan fingerprint density at radius 3 is 2.25 bits per heavy atom. The molecule has 1 heterocycles. The molecule has 1 atom stereocenters. The van der Waals surface area contributed by atoms with E-state index in [4.69, 9.17) is 9.47 Å². The number of rotatable bonds is 10. The zero-order valence-corrected chi connectivity index (χ0v) is 22.2. The van der Waals surface area contributed by atoms with E-state index in [2.05, 4.69) is 25.8 Å². The number of nitrogens with zero attached hydrogens (tertiary/aromatic N) is 2. The van der Waals surface area contributed by atoms with Crippen LogP contribution in [0.2, 0.25) is 0 Å². The van der Waals surface area contributed by atoms with Crippen molar-refractivity contribution in [1.29, 1.82) is 0 Å². The first-order chi connectivity index (χ1) is 17.0. The van der Waals surface area contributed by atoms with Gasteiger partial charge in [0, 0.05) is 18.9 Å². The SMILES string of the molecule is COc1ccc(S(=O)(=O)N(Cc2ccncc2)[C@@H](C(=O)NO)C2CCC(OCC(C)(C)C)CC2)cc1. The number of aromatic nitrogens is 1. The van der Waals surface area contributed by atoms with Gasteiger partial charge in [-0.05, 0) is 79.0 Å². The van der Waals surface area contributed by atoms with Crippen molar-refractivity contribution >= 4 is 15.9 Å². The molecule has 0 bridgehead atoms. The number of carbonyl (C=O) groups is 1. The van der Waals surface area contributed by atoms with Crippen LogP contribution >= 0.6 is 0 Å². The van der Waals surface area contributed by atoms with Gasteiger partial charge in [0.25, 0.3) is 5.91 Å². The highest BCUT2D eigenvalue weighted by atomic mass is 32.2. The summed E-state index contributed by atoms with van der Waals surface area (Å²) in [5.74, 6) is -0.519. The fraction of sp³-hybridized carbons (Fsp3) is 0.538. The second-order valence-corrected chi connectivity index (χ2v) is 12.3. The lowest BCUT2D eigenvalue weighted by Crippen LogP contribution is -2.53. The third kappa shape index (κ3) is 7.25. The van der Waals surface area contributed by atoms with Crippen molar-refractivity contribution in [3.8, 4) is 5.75 Å². The second kappa shape index (κ2) is 12.1. The summed E-state index contributed by atoms with van der Waals surface area (Å²) in [4.78, 5) is 17.1. The van der Waals surface area contributed by atoms with Gasteiger partial charge in [0.05, 0.1) is 24.7 Å². The van der Waals surface area contributed by atoms with Gasteiger partial charge in [0.2, 0.25) is 10.0 Å². The van der Waals surface area contributed by atoms with Gasteiger partial charge >= 0.3 is 0 Å². The summed E-state index contributed by atoms with van der Waals surface area (Å²) in [6.07, 6.45) is 5.82. The van der Waals surface area contributed by atoms with E-state index in [1.807, 2.05) is 0 Å². The number of benzene rings is 1. The zero-order chi connectivity index (χ0) is 26.3. The van der Waals surface area contributed by atoms with Gasteiger partial charge in [-0.1, -0.05) is 20.8 Å². The fourth-order valence-electron chi connectivity index (χ4n) is 4.47. The lowest BCUT2D eigenvalue weighted by Gasteiger charge is -2.38. The van der Waals surface area contributed by atoms with Crippen molar-refractivity contribution in [1.82, 2.24) is 14.8 Å². The Balaban J connectivity index is 1.92. The van der Waals surface area contributed by atoms with E-state index >= 15 is 0 Å². The lowest BCUT2D eigenvalue weighted by molar-refractivity contribution is -0.136. The van der Waals surface area contributed by atoms with Crippen molar-refractivity contribution in [3.63, 3.8) is 0 Å². The molecule has 0 radical (unpaired) electrons. The molecule has 0 spiro atoms. The highest BCUT2D eigenvalue weighted by Gasteiger charge is 2.42. The Morgan fingerprint density at radius 2 is 1.72 bits per heavy atom. The predicted molar refractivity (Wildman–Crippen MR) is 135 cm³/mol. The molecule has 0 unspecified atom stereocenters.